The lowest BCUT2D eigenvalue weighted by atomic mass is 10.2. The number of furan rings is 1. The van der Waals surface area contributed by atoms with Gasteiger partial charge in [-0.1, -0.05) is 23.9 Å². The molecule has 0 aliphatic carbocycles. The van der Waals surface area contributed by atoms with Crippen LogP contribution in [0.1, 0.15) is 5.89 Å². The minimum atomic E-state index is -0.419. The average Bonchev–Trinajstić information content (AvgIpc) is 3.34. The van der Waals surface area contributed by atoms with Gasteiger partial charge in [0.1, 0.15) is 5.82 Å². The van der Waals surface area contributed by atoms with Crippen LogP contribution < -0.4 is 0 Å². The van der Waals surface area contributed by atoms with E-state index in [4.69, 9.17) is 13.3 Å². The van der Waals surface area contributed by atoms with Crippen LogP contribution in [0.25, 0.3) is 23.1 Å². The molecule has 3 heterocycles. The Morgan fingerprint density at radius 1 is 0.917 bits per heavy atom. The second kappa shape index (κ2) is 6.28. The highest BCUT2D eigenvalue weighted by molar-refractivity contribution is 7.98. The zero-order chi connectivity index (χ0) is 16.4. The van der Waals surface area contributed by atoms with Crippen molar-refractivity contribution in [3.05, 3.63) is 54.4 Å². The molecule has 24 heavy (non-hydrogen) atoms. The van der Waals surface area contributed by atoms with Crippen molar-refractivity contribution in [2.75, 3.05) is 0 Å². The van der Waals surface area contributed by atoms with Crippen molar-refractivity contribution >= 4 is 11.8 Å². The van der Waals surface area contributed by atoms with E-state index >= 15 is 0 Å². The van der Waals surface area contributed by atoms with Crippen molar-refractivity contribution < 1.29 is 17.6 Å². The van der Waals surface area contributed by atoms with Crippen LogP contribution >= 0.6 is 11.8 Å². The van der Waals surface area contributed by atoms with Crippen LogP contribution in [0, 0.1) is 5.82 Å². The summed E-state index contributed by atoms with van der Waals surface area (Å²) in [6.45, 7) is 0. The quantitative estimate of drug-likeness (QED) is 0.505. The third kappa shape index (κ3) is 2.93. The van der Waals surface area contributed by atoms with Gasteiger partial charge in [0.25, 0.3) is 17.0 Å². The molecule has 0 radical (unpaired) electrons. The molecule has 120 valence electrons. The van der Waals surface area contributed by atoms with E-state index < -0.39 is 5.82 Å². The highest BCUT2D eigenvalue weighted by atomic mass is 32.2. The van der Waals surface area contributed by atoms with Crippen LogP contribution in [0.4, 0.5) is 4.39 Å². The van der Waals surface area contributed by atoms with E-state index in [9.17, 15) is 4.39 Å². The first kappa shape index (κ1) is 14.6. The summed E-state index contributed by atoms with van der Waals surface area (Å²) in [4.78, 5) is 0. The summed E-state index contributed by atoms with van der Waals surface area (Å²) in [7, 11) is 0. The van der Waals surface area contributed by atoms with E-state index in [1.54, 1.807) is 30.3 Å². The van der Waals surface area contributed by atoms with Crippen LogP contribution in [0.5, 0.6) is 0 Å². The first-order valence-electron chi connectivity index (χ1n) is 6.87. The molecule has 1 aromatic carbocycles. The fourth-order valence-corrected chi connectivity index (χ4v) is 2.55. The van der Waals surface area contributed by atoms with Crippen molar-refractivity contribution in [3.63, 3.8) is 0 Å². The summed E-state index contributed by atoms with van der Waals surface area (Å²) in [5.41, 5.74) is 0.259. The highest BCUT2D eigenvalue weighted by Gasteiger charge is 2.15. The van der Waals surface area contributed by atoms with Gasteiger partial charge in [-0.15, -0.1) is 20.4 Å². The maximum absolute atomic E-state index is 13.7. The van der Waals surface area contributed by atoms with Gasteiger partial charge in [0.05, 0.1) is 17.6 Å². The molecule has 0 atom stereocenters. The molecule has 4 rings (SSSR count). The SMILES string of the molecule is Fc1ccccc1-c1nnc(SCc2nnc(-c3ccco3)o2)o1. The van der Waals surface area contributed by atoms with E-state index in [1.807, 2.05) is 0 Å². The lowest BCUT2D eigenvalue weighted by Crippen LogP contribution is -1.82. The number of rotatable bonds is 5. The Morgan fingerprint density at radius 2 is 1.79 bits per heavy atom. The fourth-order valence-electron chi connectivity index (χ4n) is 1.95. The number of hydrogen-bond acceptors (Lipinski definition) is 8. The van der Waals surface area contributed by atoms with E-state index in [0.29, 0.717) is 23.3 Å². The lowest BCUT2D eigenvalue weighted by Gasteiger charge is -1.95. The molecule has 0 bridgehead atoms. The predicted molar refractivity (Wildman–Crippen MR) is 81.3 cm³/mol. The molecule has 3 aromatic heterocycles. The van der Waals surface area contributed by atoms with Gasteiger partial charge in [-0.3, -0.25) is 0 Å². The van der Waals surface area contributed by atoms with Gasteiger partial charge in [-0.25, -0.2) is 4.39 Å². The summed E-state index contributed by atoms with van der Waals surface area (Å²) in [5, 5.41) is 15.8. The number of aromatic nitrogens is 4. The summed E-state index contributed by atoms with van der Waals surface area (Å²) in [6, 6.07) is 9.66. The maximum Gasteiger partial charge on any atom is 0.283 e. The molecule has 0 fully saturated rings. The van der Waals surface area contributed by atoms with Gasteiger partial charge >= 0.3 is 0 Å². The van der Waals surface area contributed by atoms with Crippen LogP contribution in [-0.2, 0) is 5.75 Å². The second-order valence-electron chi connectivity index (χ2n) is 4.62. The Kier molecular flexibility index (Phi) is 3.83. The van der Waals surface area contributed by atoms with E-state index in [2.05, 4.69) is 20.4 Å². The van der Waals surface area contributed by atoms with Crippen LogP contribution in [0.15, 0.2) is 61.1 Å². The molecular formula is C15H9FN4O3S. The van der Waals surface area contributed by atoms with Gasteiger partial charge in [0, 0.05) is 0 Å². The number of benzene rings is 1. The highest BCUT2D eigenvalue weighted by Crippen LogP contribution is 2.27. The molecule has 4 aromatic rings. The third-order valence-electron chi connectivity index (χ3n) is 3.03. The second-order valence-corrected chi connectivity index (χ2v) is 5.55. The summed E-state index contributed by atoms with van der Waals surface area (Å²) >= 11 is 1.22. The van der Waals surface area contributed by atoms with Gasteiger partial charge in [0.2, 0.25) is 5.89 Å². The smallest absolute Gasteiger partial charge is 0.283 e. The molecule has 7 nitrogen and oxygen atoms in total. The number of halogens is 1. The maximum atomic E-state index is 13.7. The summed E-state index contributed by atoms with van der Waals surface area (Å²) < 4.78 is 29.8. The Bertz CT molecular complexity index is 951. The monoisotopic (exact) mass is 344 g/mol. The van der Waals surface area contributed by atoms with Gasteiger partial charge < -0.3 is 13.3 Å². The molecule has 0 saturated carbocycles. The molecule has 0 aliphatic rings. The number of hydrogen-bond donors (Lipinski definition) is 0. The van der Waals surface area contributed by atoms with Crippen molar-refractivity contribution in [1.29, 1.82) is 0 Å². The Balaban J connectivity index is 1.45. The molecule has 0 unspecified atom stereocenters. The molecule has 0 amide bonds. The topological polar surface area (TPSA) is 91.0 Å². The molecule has 0 N–H and O–H groups in total. The molecule has 0 aliphatic heterocycles. The Hall–Kier alpha value is -2.94. The largest absolute Gasteiger partial charge is 0.459 e. The fraction of sp³-hybridized carbons (Fsp3) is 0.0667. The van der Waals surface area contributed by atoms with Crippen LogP contribution in [-0.4, -0.2) is 20.4 Å². The normalized spacial score (nSPS) is 11.0. The first-order chi connectivity index (χ1) is 11.8. The summed E-state index contributed by atoms with van der Waals surface area (Å²) in [5.74, 6) is 1.23. The minimum Gasteiger partial charge on any atom is -0.459 e. The minimum absolute atomic E-state index is 0.123. The van der Waals surface area contributed by atoms with E-state index in [1.165, 1.54) is 24.1 Å². The Morgan fingerprint density at radius 3 is 2.62 bits per heavy atom. The standard InChI is InChI=1S/C15H9FN4O3S/c16-10-5-2-1-4-9(10)13-18-20-15(23-13)24-8-12-17-19-14(22-12)11-6-3-7-21-11/h1-7H,8H2. The van der Waals surface area contributed by atoms with E-state index in [-0.39, 0.29) is 16.7 Å². The molecule has 0 saturated heterocycles. The number of thioether (sulfide) groups is 1. The molecule has 9 heteroatoms. The zero-order valence-electron chi connectivity index (χ0n) is 12.0. The third-order valence-corrected chi connectivity index (χ3v) is 3.83. The van der Waals surface area contributed by atoms with Crippen molar-refractivity contribution in [2.24, 2.45) is 0 Å². The van der Waals surface area contributed by atoms with Gasteiger partial charge in [-0.2, -0.15) is 0 Å². The van der Waals surface area contributed by atoms with Crippen LogP contribution in [0.2, 0.25) is 0 Å². The average molecular weight is 344 g/mol. The van der Waals surface area contributed by atoms with Gasteiger partial charge in [0.15, 0.2) is 5.76 Å². The van der Waals surface area contributed by atoms with Crippen molar-refractivity contribution in [3.8, 4) is 23.1 Å². The van der Waals surface area contributed by atoms with Gasteiger partial charge in [-0.05, 0) is 24.3 Å². The first-order valence-corrected chi connectivity index (χ1v) is 7.85. The molecule has 0 spiro atoms. The predicted octanol–water partition coefficient (Wildman–Crippen LogP) is 3.81. The number of nitrogens with zero attached hydrogens (tertiary/aromatic N) is 4. The van der Waals surface area contributed by atoms with E-state index in [0.717, 1.165) is 0 Å². The van der Waals surface area contributed by atoms with Crippen molar-refractivity contribution in [1.82, 2.24) is 20.4 Å². The molecular weight excluding hydrogens is 335 g/mol. The van der Waals surface area contributed by atoms with Crippen LogP contribution in [0.3, 0.4) is 0 Å². The van der Waals surface area contributed by atoms with Crippen molar-refractivity contribution in [2.45, 2.75) is 11.0 Å². The lowest BCUT2D eigenvalue weighted by molar-refractivity contribution is 0.460. The zero-order valence-corrected chi connectivity index (χ0v) is 12.9. The summed E-state index contributed by atoms with van der Waals surface area (Å²) in [6.07, 6.45) is 1.52. The Labute approximate surface area is 138 Å².